The maximum Gasteiger partial charge on any atom is 0.263 e. The molecule has 1 aromatic carbocycles. The second-order valence-electron chi connectivity index (χ2n) is 3.60. The Balaban J connectivity index is 2.34. The minimum absolute atomic E-state index is 0.0752. The molecular formula is C12H8BrN3O2S. The number of nitriles is 1. The summed E-state index contributed by atoms with van der Waals surface area (Å²) < 4.78 is 27.1. The Bertz CT molecular complexity index is 739. The van der Waals surface area contributed by atoms with Crippen molar-refractivity contribution < 1.29 is 8.42 Å². The monoisotopic (exact) mass is 337 g/mol. The van der Waals surface area contributed by atoms with Crippen molar-refractivity contribution >= 4 is 31.6 Å². The molecule has 0 saturated heterocycles. The minimum atomic E-state index is -3.68. The lowest BCUT2D eigenvalue weighted by Crippen LogP contribution is -2.13. The van der Waals surface area contributed by atoms with E-state index in [0.29, 0.717) is 15.7 Å². The number of hydrogen-bond donors (Lipinski definition) is 1. The third-order valence-corrected chi connectivity index (χ3v) is 4.29. The Morgan fingerprint density at radius 1 is 1.32 bits per heavy atom. The van der Waals surface area contributed by atoms with Gasteiger partial charge in [-0.05, 0) is 46.3 Å². The smallest absolute Gasteiger partial charge is 0.263 e. The number of hydrogen-bond acceptors (Lipinski definition) is 4. The topological polar surface area (TPSA) is 82.9 Å². The van der Waals surface area contributed by atoms with Crippen molar-refractivity contribution in [1.82, 2.24) is 4.98 Å². The molecule has 0 atom stereocenters. The zero-order valence-corrected chi connectivity index (χ0v) is 11.9. The van der Waals surface area contributed by atoms with Crippen LogP contribution in [0.4, 0.5) is 5.69 Å². The van der Waals surface area contributed by atoms with Crippen LogP contribution in [0.15, 0.2) is 52.1 Å². The highest BCUT2D eigenvalue weighted by molar-refractivity contribution is 9.10. The van der Waals surface area contributed by atoms with Gasteiger partial charge in [0.1, 0.15) is 4.90 Å². The van der Waals surface area contributed by atoms with Gasteiger partial charge < -0.3 is 0 Å². The summed E-state index contributed by atoms with van der Waals surface area (Å²) in [6, 6.07) is 9.57. The summed E-state index contributed by atoms with van der Waals surface area (Å²) in [6.45, 7) is 0. The van der Waals surface area contributed by atoms with E-state index in [1.54, 1.807) is 12.1 Å². The Labute approximate surface area is 119 Å². The lowest BCUT2D eigenvalue weighted by molar-refractivity contribution is 0.601. The van der Waals surface area contributed by atoms with Crippen LogP contribution in [0.1, 0.15) is 5.56 Å². The molecule has 0 fully saturated rings. The van der Waals surface area contributed by atoms with E-state index in [4.69, 9.17) is 5.26 Å². The standard InChI is InChI=1S/C12H8BrN3O2S/c13-11-6-9(7-14)3-4-12(11)16-19(17,18)10-2-1-5-15-8-10/h1-6,8,16H. The molecule has 19 heavy (non-hydrogen) atoms. The third kappa shape index (κ3) is 3.10. The van der Waals surface area contributed by atoms with Crippen molar-refractivity contribution in [2.75, 3.05) is 4.72 Å². The number of halogens is 1. The first-order valence-electron chi connectivity index (χ1n) is 5.15. The molecule has 2 aromatic rings. The number of pyridine rings is 1. The number of sulfonamides is 1. The van der Waals surface area contributed by atoms with Gasteiger partial charge in [0.15, 0.2) is 0 Å². The largest absolute Gasteiger partial charge is 0.278 e. The highest BCUT2D eigenvalue weighted by atomic mass is 79.9. The average molecular weight is 338 g/mol. The number of rotatable bonds is 3. The molecule has 1 heterocycles. The van der Waals surface area contributed by atoms with Crippen LogP contribution in [0.25, 0.3) is 0 Å². The predicted molar refractivity (Wildman–Crippen MR) is 73.9 cm³/mol. The van der Waals surface area contributed by atoms with Crippen molar-refractivity contribution in [3.05, 3.63) is 52.8 Å². The summed E-state index contributed by atoms with van der Waals surface area (Å²) in [5, 5.41) is 8.75. The van der Waals surface area contributed by atoms with Crippen molar-refractivity contribution in [2.45, 2.75) is 4.90 Å². The van der Waals surface area contributed by atoms with E-state index >= 15 is 0 Å². The Hall–Kier alpha value is -1.91. The first kappa shape index (κ1) is 13.5. The van der Waals surface area contributed by atoms with E-state index in [9.17, 15) is 8.42 Å². The normalized spacial score (nSPS) is 10.7. The molecule has 0 bridgehead atoms. The Morgan fingerprint density at radius 2 is 2.11 bits per heavy atom. The fourth-order valence-corrected chi connectivity index (χ4v) is 3.03. The van der Waals surface area contributed by atoms with Crippen molar-refractivity contribution in [3.8, 4) is 6.07 Å². The maximum absolute atomic E-state index is 12.1. The zero-order valence-electron chi connectivity index (χ0n) is 9.54. The van der Waals surface area contributed by atoms with Crippen LogP contribution >= 0.6 is 15.9 Å². The lowest BCUT2D eigenvalue weighted by Gasteiger charge is -2.09. The SMILES string of the molecule is N#Cc1ccc(NS(=O)(=O)c2cccnc2)c(Br)c1. The van der Waals surface area contributed by atoms with E-state index in [1.807, 2.05) is 6.07 Å². The second-order valence-corrected chi connectivity index (χ2v) is 6.14. The summed E-state index contributed by atoms with van der Waals surface area (Å²) in [5.74, 6) is 0. The van der Waals surface area contributed by atoms with Gasteiger partial charge in [-0.1, -0.05) is 0 Å². The van der Waals surface area contributed by atoms with Gasteiger partial charge >= 0.3 is 0 Å². The summed E-state index contributed by atoms with van der Waals surface area (Å²) in [5.41, 5.74) is 0.805. The molecule has 5 nitrogen and oxygen atoms in total. The van der Waals surface area contributed by atoms with Crippen LogP contribution in [-0.4, -0.2) is 13.4 Å². The van der Waals surface area contributed by atoms with Gasteiger partial charge in [0.25, 0.3) is 10.0 Å². The fourth-order valence-electron chi connectivity index (χ4n) is 1.38. The zero-order chi connectivity index (χ0) is 13.9. The first-order valence-corrected chi connectivity index (χ1v) is 7.43. The molecule has 0 aliphatic carbocycles. The summed E-state index contributed by atoms with van der Waals surface area (Å²) in [7, 11) is -3.68. The highest BCUT2D eigenvalue weighted by Gasteiger charge is 2.15. The molecule has 0 unspecified atom stereocenters. The van der Waals surface area contributed by atoms with E-state index in [2.05, 4.69) is 25.6 Å². The van der Waals surface area contributed by atoms with Crippen LogP contribution in [0.2, 0.25) is 0 Å². The second kappa shape index (κ2) is 5.38. The molecule has 96 valence electrons. The van der Waals surface area contributed by atoms with Gasteiger partial charge in [0, 0.05) is 16.9 Å². The van der Waals surface area contributed by atoms with Gasteiger partial charge in [0.2, 0.25) is 0 Å². The first-order chi connectivity index (χ1) is 9.03. The van der Waals surface area contributed by atoms with Gasteiger partial charge in [-0.2, -0.15) is 5.26 Å². The highest BCUT2D eigenvalue weighted by Crippen LogP contribution is 2.25. The number of anilines is 1. The molecule has 0 saturated carbocycles. The van der Waals surface area contributed by atoms with Gasteiger partial charge in [-0.3, -0.25) is 9.71 Å². The van der Waals surface area contributed by atoms with Crippen LogP contribution < -0.4 is 4.72 Å². The van der Waals surface area contributed by atoms with Crippen LogP contribution in [-0.2, 0) is 10.0 Å². The van der Waals surface area contributed by atoms with E-state index in [0.717, 1.165) is 0 Å². The molecule has 1 aromatic heterocycles. The lowest BCUT2D eigenvalue weighted by atomic mass is 10.2. The Morgan fingerprint density at radius 3 is 2.68 bits per heavy atom. The van der Waals surface area contributed by atoms with Gasteiger partial charge in [0.05, 0.1) is 17.3 Å². The van der Waals surface area contributed by atoms with Crippen LogP contribution in [0.3, 0.4) is 0 Å². The number of aromatic nitrogens is 1. The van der Waals surface area contributed by atoms with Gasteiger partial charge in [-0.25, -0.2) is 8.42 Å². The molecule has 7 heteroatoms. The molecule has 2 rings (SSSR count). The van der Waals surface area contributed by atoms with Crippen molar-refractivity contribution in [1.29, 1.82) is 5.26 Å². The molecular weight excluding hydrogens is 330 g/mol. The molecule has 0 amide bonds. The molecule has 0 aliphatic rings. The molecule has 0 spiro atoms. The third-order valence-electron chi connectivity index (χ3n) is 2.29. The molecule has 0 radical (unpaired) electrons. The number of nitrogens with zero attached hydrogens (tertiary/aromatic N) is 2. The summed E-state index contributed by atoms with van der Waals surface area (Å²) in [6.07, 6.45) is 2.76. The maximum atomic E-state index is 12.1. The quantitative estimate of drug-likeness (QED) is 0.932. The Kier molecular flexibility index (Phi) is 3.83. The fraction of sp³-hybridized carbons (Fsp3) is 0. The minimum Gasteiger partial charge on any atom is -0.278 e. The molecule has 1 N–H and O–H groups in total. The van der Waals surface area contributed by atoms with Crippen LogP contribution in [0, 0.1) is 11.3 Å². The van der Waals surface area contributed by atoms with Crippen molar-refractivity contribution in [3.63, 3.8) is 0 Å². The summed E-state index contributed by atoms with van der Waals surface area (Å²) in [4.78, 5) is 3.84. The van der Waals surface area contributed by atoms with Crippen LogP contribution in [0.5, 0.6) is 0 Å². The van der Waals surface area contributed by atoms with E-state index in [-0.39, 0.29) is 4.90 Å². The summed E-state index contributed by atoms with van der Waals surface area (Å²) >= 11 is 3.22. The predicted octanol–water partition coefficient (Wildman–Crippen LogP) is 2.52. The number of benzene rings is 1. The molecule has 0 aliphatic heterocycles. The number of nitrogens with one attached hydrogen (secondary N) is 1. The van der Waals surface area contributed by atoms with E-state index in [1.165, 1.54) is 30.6 Å². The van der Waals surface area contributed by atoms with Crippen molar-refractivity contribution in [2.24, 2.45) is 0 Å². The van der Waals surface area contributed by atoms with E-state index < -0.39 is 10.0 Å². The van der Waals surface area contributed by atoms with Gasteiger partial charge in [-0.15, -0.1) is 0 Å². The average Bonchev–Trinajstić information content (AvgIpc) is 2.42.